The third-order valence-corrected chi connectivity index (χ3v) is 3.22. The molecule has 2 amide bonds. The maximum atomic E-state index is 11.8. The van der Waals surface area contributed by atoms with Gasteiger partial charge in [-0.25, -0.2) is 9.59 Å². The van der Waals surface area contributed by atoms with Crippen LogP contribution in [0, 0.1) is 0 Å². The lowest BCUT2D eigenvalue weighted by Crippen LogP contribution is -2.30. The predicted molar refractivity (Wildman–Crippen MR) is 87.1 cm³/mol. The minimum absolute atomic E-state index is 0.175. The molecule has 0 spiro atoms. The zero-order valence-electron chi connectivity index (χ0n) is 12.7. The summed E-state index contributed by atoms with van der Waals surface area (Å²) in [6, 6.07) is 13.3. The van der Waals surface area contributed by atoms with E-state index in [9.17, 15) is 9.59 Å². The highest BCUT2D eigenvalue weighted by atomic mass is 16.5. The molecule has 3 N–H and O–H groups in total. The van der Waals surface area contributed by atoms with Crippen LogP contribution in [0.1, 0.15) is 15.9 Å². The molecule has 2 aromatic rings. The summed E-state index contributed by atoms with van der Waals surface area (Å²) >= 11 is 0. The molecular formula is C17H18N2O4. The third-order valence-electron chi connectivity index (χ3n) is 3.22. The second kappa shape index (κ2) is 7.84. The number of hydrogen-bond donors (Lipinski definition) is 3. The van der Waals surface area contributed by atoms with Crippen LogP contribution in [0.25, 0.3) is 0 Å². The molecule has 6 nitrogen and oxygen atoms in total. The Balaban J connectivity index is 1.79. The fourth-order valence-corrected chi connectivity index (χ4v) is 2.02. The van der Waals surface area contributed by atoms with E-state index in [1.807, 2.05) is 24.3 Å². The number of aromatic carboxylic acids is 1. The Kier molecular flexibility index (Phi) is 5.57. The molecule has 2 rings (SSSR count). The van der Waals surface area contributed by atoms with Crippen LogP contribution in [0.5, 0.6) is 5.75 Å². The van der Waals surface area contributed by atoms with Crippen LogP contribution in [0.15, 0.2) is 48.5 Å². The summed E-state index contributed by atoms with van der Waals surface area (Å²) < 4.78 is 5.15. The number of carbonyl (C=O) groups excluding carboxylic acids is 1. The Bertz CT molecular complexity index is 683. The van der Waals surface area contributed by atoms with Crippen LogP contribution in [0.3, 0.4) is 0 Å². The summed E-state index contributed by atoms with van der Waals surface area (Å²) in [6.45, 7) is 0.478. The summed E-state index contributed by atoms with van der Waals surface area (Å²) in [6.07, 6.45) is 0.683. The molecule has 0 aliphatic carbocycles. The molecule has 0 saturated carbocycles. The van der Waals surface area contributed by atoms with Gasteiger partial charge < -0.3 is 20.5 Å². The van der Waals surface area contributed by atoms with Crippen LogP contribution in [-0.4, -0.2) is 30.8 Å². The number of urea groups is 1. The van der Waals surface area contributed by atoms with E-state index in [1.54, 1.807) is 19.2 Å². The molecule has 0 fully saturated rings. The zero-order valence-corrected chi connectivity index (χ0v) is 12.7. The van der Waals surface area contributed by atoms with E-state index in [1.165, 1.54) is 12.1 Å². The maximum Gasteiger partial charge on any atom is 0.335 e. The number of amides is 2. The Morgan fingerprint density at radius 3 is 2.52 bits per heavy atom. The molecule has 0 saturated heterocycles. The number of hydrogen-bond acceptors (Lipinski definition) is 3. The molecule has 0 unspecified atom stereocenters. The van der Waals surface area contributed by atoms with Gasteiger partial charge in [0, 0.05) is 12.2 Å². The Hall–Kier alpha value is -3.02. The molecule has 0 aliphatic heterocycles. The second-order valence-electron chi connectivity index (χ2n) is 4.86. The Labute approximate surface area is 134 Å². The smallest absolute Gasteiger partial charge is 0.335 e. The molecule has 0 aliphatic rings. The normalized spacial score (nSPS) is 9.96. The number of benzene rings is 2. The highest BCUT2D eigenvalue weighted by Crippen LogP contribution is 2.12. The molecule has 0 bridgehead atoms. The van der Waals surface area contributed by atoms with Crippen molar-refractivity contribution in [3.8, 4) is 5.75 Å². The highest BCUT2D eigenvalue weighted by molar-refractivity contribution is 5.91. The minimum atomic E-state index is -1.00. The second-order valence-corrected chi connectivity index (χ2v) is 4.86. The SMILES string of the molecule is COc1cccc(CCNC(=O)Nc2ccc(C(=O)O)cc2)c1. The van der Waals surface area contributed by atoms with Crippen molar-refractivity contribution in [3.05, 3.63) is 59.7 Å². The molecule has 120 valence electrons. The van der Waals surface area contributed by atoms with Gasteiger partial charge in [0.25, 0.3) is 0 Å². The van der Waals surface area contributed by atoms with E-state index >= 15 is 0 Å². The van der Waals surface area contributed by atoms with Crippen LogP contribution in [-0.2, 0) is 6.42 Å². The summed E-state index contributed by atoms with van der Waals surface area (Å²) in [4.78, 5) is 22.5. The van der Waals surface area contributed by atoms with E-state index in [0.29, 0.717) is 18.7 Å². The van der Waals surface area contributed by atoms with Crippen molar-refractivity contribution < 1.29 is 19.4 Å². The molecular weight excluding hydrogens is 296 g/mol. The summed E-state index contributed by atoms with van der Waals surface area (Å²) in [5.74, 6) is -0.218. The number of nitrogens with one attached hydrogen (secondary N) is 2. The summed E-state index contributed by atoms with van der Waals surface area (Å²) in [7, 11) is 1.61. The quantitative estimate of drug-likeness (QED) is 0.765. The first-order chi connectivity index (χ1) is 11.1. The lowest BCUT2D eigenvalue weighted by Gasteiger charge is -2.08. The van der Waals surface area contributed by atoms with E-state index < -0.39 is 5.97 Å². The van der Waals surface area contributed by atoms with Gasteiger partial charge in [0.2, 0.25) is 0 Å². The lowest BCUT2D eigenvalue weighted by atomic mass is 10.1. The fourth-order valence-electron chi connectivity index (χ4n) is 2.02. The van der Waals surface area contributed by atoms with E-state index in [2.05, 4.69) is 10.6 Å². The number of anilines is 1. The third kappa shape index (κ3) is 5.03. The van der Waals surface area contributed by atoms with Gasteiger partial charge in [0.15, 0.2) is 0 Å². The number of carbonyl (C=O) groups is 2. The van der Waals surface area contributed by atoms with Gasteiger partial charge in [-0.05, 0) is 48.4 Å². The standard InChI is InChI=1S/C17H18N2O4/c1-23-15-4-2-3-12(11-15)9-10-18-17(22)19-14-7-5-13(6-8-14)16(20)21/h2-8,11H,9-10H2,1H3,(H,20,21)(H2,18,19,22). The van der Waals surface area contributed by atoms with Crippen molar-refractivity contribution in [1.82, 2.24) is 5.32 Å². The predicted octanol–water partition coefficient (Wildman–Crippen LogP) is 2.76. The largest absolute Gasteiger partial charge is 0.497 e. The van der Waals surface area contributed by atoms with Crippen molar-refractivity contribution in [3.63, 3.8) is 0 Å². The molecule has 2 aromatic carbocycles. The number of ether oxygens (including phenoxy) is 1. The average Bonchev–Trinajstić information content (AvgIpc) is 2.55. The van der Waals surface area contributed by atoms with E-state index in [4.69, 9.17) is 9.84 Å². The van der Waals surface area contributed by atoms with Crippen LogP contribution in [0.4, 0.5) is 10.5 Å². The molecule has 6 heteroatoms. The summed E-state index contributed by atoms with van der Waals surface area (Å²) in [5.41, 5.74) is 1.78. The monoisotopic (exact) mass is 314 g/mol. The Morgan fingerprint density at radius 2 is 1.87 bits per heavy atom. The number of carboxylic acid groups (broad SMARTS) is 1. The minimum Gasteiger partial charge on any atom is -0.497 e. The van der Waals surface area contributed by atoms with Crippen molar-refractivity contribution in [2.75, 3.05) is 19.0 Å². The summed E-state index contributed by atoms with van der Waals surface area (Å²) in [5, 5.41) is 14.2. The molecule has 0 radical (unpaired) electrons. The van der Waals surface area contributed by atoms with Gasteiger partial charge in [0.1, 0.15) is 5.75 Å². The molecule has 23 heavy (non-hydrogen) atoms. The first kappa shape index (κ1) is 16.4. The van der Waals surface area contributed by atoms with Gasteiger partial charge >= 0.3 is 12.0 Å². The molecule has 0 atom stereocenters. The number of carboxylic acids is 1. The van der Waals surface area contributed by atoms with Crippen molar-refractivity contribution in [2.24, 2.45) is 0 Å². The van der Waals surface area contributed by atoms with Crippen LogP contribution >= 0.6 is 0 Å². The average molecular weight is 314 g/mol. The zero-order chi connectivity index (χ0) is 16.7. The van der Waals surface area contributed by atoms with Gasteiger partial charge in [-0.15, -0.1) is 0 Å². The lowest BCUT2D eigenvalue weighted by molar-refractivity contribution is 0.0697. The van der Waals surface area contributed by atoms with Crippen LogP contribution in [0.2, 0.25) is 0 Å². The number of rotatable bonds is 6. The van der Waals surface area contributed by atoms with Gasteiger partial charge in [-0.3, -0.25) is 0 Å². The molecule has 0 aromatic heterocycles. The van der Waals surface area contributed by atoms with Crippen molar-refractivity contribution in [2.45, 2.75) is 6.42 Å². The van der Waals surface area contributed by atoms with E-state index in [-0.39, 0.29) is 11.6 Å². The first-order valence-electron chi connectivity index (χ1n) is 7.09. The fraction of sp³-hybridized carbons (Fsp3) is 0.176. The topological polar surface area (TPSA) is 87.7 Å². The van der Waals surface area contributed by atoms with Gasteiger partial charge in [-0.1, -0.05) is 12.1 Å². The van der Waals surface area contributed by atoms with Gasteiger partial charge in [-0.2, -0.15) is 0 Å². The Morgan fingerprint density at radius 1 is 1.13 bits per heavy atom. The highest BCUT2D eigenvalue weighted by Gasteiger charge is 2.04. The maximum absolute atomic E-state index is 11.8. The van der Waals surface area contributed by atoms with Crippen molar-refractivity contribution >= 4 is 17.7 Å². The van der Waals surface area contributed by atoms with Crippen LogP contribution < -0.4 is 15.4 Å². The first-order valence-corrected chi connectivity index (χ1v) is 7.09. The van der Waals surface area contributed by atoms with Gasteiger partial charge in [0.05, 0.1) is 12.7 Å². The number of methoxy groups -OCH3 is 1. The van der Waals surface area contributed by atoms with Crippen molar-refractivity contribution in [1.29, 1.82) is 0 Å². The van der Waals surface area contributed by atoms with E-state index in [0.717, 1.165) is 11.3 Å². The molecule has 0 heterocycles.